The number of nitrogens with one attached hydrogen (secondary N) is 1. The molecule has 0 radical (unpaired) electrons. The second-order valence-electron chi connectivity index (χ2n) is 5.06. The van der Waals surface area contributed by atoms with E-state index < -0.39 is 0 Å². The Kier molecular flexibility index (Phi) is 4.85. The van der Waals surface area contributed by atoms with Crippen LogP contribution in [0.3, 0.4) is 0 Å². The second-order valence-corrected chi connectivity index (χ2v) is 5.06. The van der Waals surface area contributed by atoms with Gasteiger partial charge in [0.2, 0.25) is 0 Å². The van der Waals surface area contributed by atoms with Gasteiger partial charge in [-0.3, -0.25) is 4.57 Å². The van der Waals surface area contributed by atoms with Gasteiger partial charge in [-0.1, -0.05) is 25.1 Å². The number of aromatic nitrogens is 2. The predicted octanol–water partition coefficient (Wildman–Crippen LogP) is 2.35. The van der Waals surface area contributed by atoms with E-state index in [1.165, 1.54) is 6.07 Å². The van der Waals surface area contributed by atoms with Gasteiger partial charge >= 0.3 is 5.69 Å². The average molecular weight is 289 g/mol. The zero-order chi connectivity index (χ0) is 15.4. The smallest absolute Gasteiger partial charge is 0.309 e. The molecule has 1 N–H and O–H groups in total. The summed E-state index contributed by atoms with van der Waals surface area (Å²) in [5.41, 5.74) is 1.78. The van der Waals surface area contributed by atoms with Crippen molar-refractivity contribution in [2.45, 2.75) is 33.4 Å². The summed E-state index contributed by atoms with van der Waals surface area (Å²) in [5.74, 6) is -0.269. The van der Waals surface area contributed by atoms with E-state index in [1.807, 2.05) is 19.9 Å². The number of rotatable bonds is 5. The Balaban J connectivity index is 2.38. The van der Waals surface area contributed by atoms with E-state index in [0.29, 0.717) is 24.3 Å². The molecule has 1 heterocycles. The molecule has 1 atom stereocenters. The molecule has 0 spiro atoms. The Hall–Kier alpha value is -2.01. The summed E-state index contributed by atoms with van der Waals surface area (Å²) in [6.07, 6.45) is 0. The molecule has 112 valence electrons. The Morgan fingerprint density at radius 2 is 2.05 bits per heavy atom. The lowest BCUT2D eigenvalue weighted by Gasteiger charge is -2.21. The fourth-order valence-corrected chi connectivity index (χ4v) is 2.46. The van der Waals surface area contributed by atoms with E-state index >= 15 is 0 Å². The van der Waals surface area contributed by atoms with Crippen molar-refractivity contribution >= 4 is 0 Å². The zero-order valence-corrected chi connectivity index (χ0v) is 12.6. The lowest BCUT2D eigenvalue weighted by Crippen LogP contribution is -2.33. The molecular formula is C16H20FN3O. The van der Waals surface area contributed by atoms with Gasteiger partial charge in [-0.15, -0.1) is 0 Å². The van der Waals surface area contributed by atoms with Gasteiger partial charge in [-0.25, -0.2) is 9.18 Å². The first kappa shape index (κ1) is 15.4. The summed E-state index contributed by atoms with van der Waals surface area (Å²) in [6.45, 7) is 6.65. The minimum absolute atomic E-state index is 0.267. The molecule has 0 aliphatic carbocycles. The summed E-state index contributed by atoms with van der Waals surface area (Å²) in [5, 5.41) is 3.23. The Morgan fingerprint density at radius 1 is 1.33 bits per heavy atom. The van der Waals surface area contributed by atoms with Gasteiger partial charge in [0.15, 0.2) is 0 Å². The van der Waals surface area contributed by atoms with E-state index in [0.717, 1.165) is 5.69 Å². The predicted molar refractivity (Wildman–Crippen MR) is 80.8 cm³/mol. The van der Waals surface area contributed by atoms with Crippen molar-refractivity contribution in [3.63, 3.8) is 0 Å². The normalized spacial score (nSPS) is 12.4. The molecule has 1 unspecified atom stereocenters. The first-order valence-corrected chi connectivity index (χ1v) is 7.05. The molecule has 0 aliphatic heterocycles. The minimum Gasteiger partial charge on any atom is -0.309 e. The third kappa shape index (κ3) is 3.55. The third-order valence-electron chi connectivity index (χ3n) is 3.44. The van der Waals surface area contributed by atoms with E-state index in [2.05, 4.69) is 10.3 Å². The Morgan fingerprint density at radius 3 is 2.67 bits per heavy atom. The van der Waals surface area contributed by atoms with Crippen molar-refractivity contribution in [2.24, 2.45) is 0 Å². The van der Waals surface area contributed by atoms with Crippen LogP contribution in [0.15, 0.2) is 35.1 Å². The Bertz CT molecular complexity index is 681. The third-order valence-corrected chi connectivity index (χ3v) is 3.44. The van der Waals surface area contributed by atoms with E-state index in [1.54, 1.807) is 29.7 Å². The highest BCUT2D eigenvalue weighted by Gasteiger charge is 2.17. The number of hydrogen-bond acceptors (Lipinski definition) is 3. The van der Waals surface area contributed by atoms with E-state index in [9.17, 15) is 9.18 Å². The van der Waals surface area contributed by atoms with Gasteiger partial charge in [0.25, 0.3) is 0 Å². The SMILES string of the molecule is CCNC(Cn1c(C)cc(C)nc1=O)c1ccccc1F. The molecule has 2 rings (SSSR count). The van der Waals surface area contributed by atoms with Crippen LogP contribution >= 0.6 is 0 Å². The lowest BCUT2D eigenvalue weighted by molar-refractivity contribution is 0.438. The van der Waals surface area contributed by atoms with Gasteiger partial charge in [0.05, 0.1) is 6.04 Å². The molecule has 2 aromatic rings. The summed E-state index contributed by atoms with van der Waals surface area (Å²) in [6, 6.07) is 8.22. The van der Waals surface area contributed by atoms with E-state index in [4.69, 9.17) is 0 Å². The molecule has 21 heavy (non-hydrogen) atoms. The monoisotopic (exact) mass is 289 g/mol. The molecule has 1 aromatic heterocycles. The second kappa shape index (κ2) is 6.63. The highest BCUT2D eigenvalue weighted by molar-refractivity contribution is 5.21. The van der Waals surface area contributed by atoms with Crippen molar-refractivity contribution in [2.75, 3.05) is 6.54 Å². The van der Waals surface area contributed by atoms with Crippen molar-refractivity contribution < 1.29 is 4.39 Å². The van der Waals surface area contributed by atoms with Crippen LogP contribution in [0.25, 0.3) is 0 Å². The van der Waals surface area contributed by atoms with Gasteiger partial charge < -0.3 is 5.32 Å². The average Bonchev–Trinajstić information content (AvgIpc) is 2.42. The first-order valence-electron chi connectivity index (χ1n) is 7.05. The summed E-state index contributed by atoms with van der Waals surface area (Å²) in [7, 11) is 0. The number of halogens is 1. The van der Waals surface area contributed by atoms with Gasteiger partial charge in [-0.05, 0) is 32.5 Å². The fourth-order valence-electron chi connectivity index (χ4n) is 2.46. The molecule has 0 amide bonds. The molecule has 1 aromatic carbocycles. The molecule has 4 nitrogen and oxygen atoms in total. The van der Waals surface area contributed by atoms with Crippen LogP contribution in [0.1, 0.15) is 29.9 Å². The molecule has 0 saturated carbocycles. The molecular weight excluding hydrogens is 269 g/mol. The maximum absolute atomic E-state index is 14.0. The summed E-state index contributed by atoms with van der Waals surface area (Å²) < 4.78 is 15.6. The van der Waals surface area contributed by atoms with Crippen molar-refractivity contribution in [3.8, 4) is 0 Å². The van der Waals surface area contributed by atoms with Crippen LogP contribution < -0.4 is 11.0 Å². The van der Waals surface area contributed by atoms with Crippen molar-refractivity contribution in [1.82, 2.24) is 14.9 Å². The Labute approximate surface area is 123 Å². The highest BCUT2D eigenvalue weighted by atomic mass is 19.1. The van der Waals surface area contributed by atoms with Crippen LogP contribution in [-0.4, -0.2) is 16.1 Å². The summed E-state index contributed by atoms with van der Waals surface area (Å²) in [4.78, 5) is 16.0. The maximum Gasteiger partial charge on any atom is 0.348 e. The quantitative estimate of drug-likeness (QED) is 0.919. The van der Waals surface area contributed by atoms with Crippen LogP contribution in [0.4, 0.5) is 4.39 Å². The van der Waals surface area contributed by atoms with Crippen molar-refractivity contribution in [3.05, 3.63) is 63.6 Å². The van der Waals surface area contributed by atoms with Gasteiger partial charge in [0, 0.05) is 23.5 Å². The van der Waals surface area contributed by atoms with Crippen molar-refractivity contribution in [1.29, 1.82) is 0 Å². The van der Waals surface area contributed by atoms with Crippen LogP contribution in [-0.2, 0) is 6.54 Å². The number of aryl methyl sites for hydroxylation is 2. The fraction of sp³-hybridized carbons (Fsp3) is 0.375. The molecule has 0 saturated heterocycles. The largest absolute Gasteiger partial charge is 0.348 e. The van der Waals surface area contributed by atoms with Gasteiger partial charge in [-0.2, -0.15) is 4.98 Å². The number of likely N-dealkylation sites (N-methyl/N-ethyl adjacent to an activating group) is 1. The number of hydrogen-bond donors (Lipinski definition) is 1. The van der Waals surface area contributed by atoms with Crippen LogP contribution in [0.2, 0.25) is 0 Å². The van der Waals surface area contributed by atoms with Gasteiger partial charge in [0.1, 0.15) is 5.82 Å². The molecule has 0 fully saturated rings. The lowest BCUT2D eigenvalue weighted by atomic mass is 10.1. The summed E-state index contributed by atoms with van der Waals surface area (Å²) >= 11 is 0. The topological polar surface area (TPSA) is 46.9 Å². The van der Waals surface area contributed by atoms with Crippen LogP contribution in [0, 0.1) is 19.7 Å². The number of nitrogens with zero attached hydrogens (tertiary/aromatic N) is 2. The van der Waals surface area contributed by atoms with Crippen LogP contribution in [0.5, 0.6) is 0 Å². The minimum atomic E-state index is -0.299. The molecule has 0 aliphatic rings. The highest BCUT2D eigenvalue weighted by Crippen LogP contribution is 2.18. The maximum atomic E-state index is 14.0. The zero-order valence-electron chi connectivity index (χ0n) is 12.6. The first-order chi connectivity index (χ1) is 10.0. The van der Waals surface area contributed by atoms with E-state index in [-0.39, 0.29) is 17.5 Å². The molecule has 5 heteroatoms. The number of benzene rings is 1. The molecule has 0 bridgehead atoms. The standard InChI is InChI=1S/C16H20FN3O/c1-4-18-15(13-7-5-6-8-14(13)17)10-20-12(3)9-11(2)19-16(20)21/h5-9,15,18H,4,10H2,1-3H3.